The number of hydrogen-bond acceptors (Lipinski definition) is 2. The van der Waals surface area contributed by atoms with Crippen molar-refractivity contribution in [2.24, 2.45) is 5.92 Å². The largest absolute Gasteiger partial charge is 0.481 e. The first-order valence-corrected chi connectivity index (χ1v) is 8.19. The minimum atomic E-state index is -0.861. The molecule has 1 saturated carbocycles. The molecule has 2 N–H and O–H groups in total. The second-order valence-corrected chi connectivity index (χ2v) is 6.28. The Bertz CT molecular complexity index is 521. The van der Waals surface area contributed by atoms with Crippen molar-refractivity contribution >= 4 is 17.6 Å². The monoisotopic (exact) mass is 303 g/mol. The van der Waals surface area contributed by atoms with E-state index in [1.807, 2.05) is 0 Å². The van der Waals surface area contributed by atoms with E-state index in [0.29, 0.717) is 17.7 Å². The van der Waals surface area contributed by atoms with Crippen LogP contribution in [0.3, 0.4) is 0 Å². The van der Waals surface area contributed by atoms with E-state index in [1.165, 1.54) is 25.7 Å². The summed E-state index contributed by atoms with van der Waals surface area (Å²) in [4.78, 5) is 23.0. The Morgan fingerprint density at radius 2 is 2.05 bits per heavy atom. The molecule has 0 bridgehead atoms. The Hall–Kier alpha value is -1.84. The molecule has 120 valence electrons. The van der Waals surface area contributed by atoms with E-state index in [2.05, 4.69) is 5.32 Å². The highest BCUT2D eigenvalue weighted by Crippen LogP contribution is 2.29. The number of carbonyl (C=O) groups excluding carboxylic acids is 1. The lowest BCUT2D eigenvalue weighted by atomic mass is 10.00. The molecule has 1 unspecified atom stereocenters. The smallest absolute Gasteiger partial charge is 0.310 e. The molecule has 0 saturated heterocycles. The molecule has 1 aromatic carbocycles. The third-order valence-corrected chi connectivity index (χ3v) is 4.53. The molecule has 0 heterocycles. The molecule has 2 rings (SSSR count). The normalized spacial score (nSPS) is 16.4. The zero-order valence-electron chi connectivity index (χ0n) is 13.2. The van der Waals surface area contributed by atoms with E-state index in [9.17, 15) is 9.59 Å². The van der Waals surface area contributed by atoms with Gasteiger partial charge in [0.1, 0.15) is 0 Å². The highest BCUT2D eigenvalue weighted by atomic mass is 16.4. The van der Waals surface area contributed by atoms with Gasteiger partial charge in [0.2, 0.25) is 5.91 Å². The summed E-state index contributed by atoms with van der Waals surface area (Å²) in [5.74, 6) is -0.607. The Morgan fingerprint density at radius 1 is 1.32 bits per heavy atom. The Kier molecular flexibility index (Phi) is 5.99. The fourth-order valence-corrected chi connectivity index (χ4v) is 3.10. The number of aliphatic carboxylic acids is 1. The first-order chi connectivity index (χ1) is 10.6. The molecular formula is C18H25NO3. The van der Waals surface area contributed by atoms with Crippen LogP contribution in [0, 0.1) is 5.92 Å². The average molecular weight is 303 g/mol. The number of carboxylic acid groups (broad SMARTS) is 1. The number of nitrogens with one attached hydrogen (secondary N) is 1. The minimum absolute atomic E-state index is 0.0122. The first-order valence-electron chi connectivity index (χ1n) is 8.19. The van der Waals surface area contributed by atoms with E-state index in [-0.39, 0.29) is 5.91 Å². The van der Waals surface area contributed by atoms with E-state index >= 15 is 0 Å². The van der Waals surface area contributed by atoms with Gasteiger partial charge in [0.25, 0.3) is 0 Å². The van der Waals surface area contributed by atoms with E-state index in [4.69, 9.17) is 5.11 Å². The van der Waals surface area contributed by atoms with Crippen molar-refractivity contribution in [1.29, 1.82) is 0 Å². The molecule has 1 fully saturated rings. The maximum absolute atomic E-state index is 12.0. The van der Waals surface area contributed by atoms with Gasteiger partial charge in [0.15, 0.2) is 0 Å². The van der Waals surface area contributed by atoms with Crippen molar-refractivity contribution in [3.05, 3.63) is 29.8 Å². The number of anilines is 1. The van der Waals surface area contributed by atoms with Crippen LogP contribution in [-0.2, 0) is 9.59 Å². The number of carboxylic acids is 1. The van der Waals surface area contributed by atoms with Gasteiger partial charge in [-0.1, -0.05) is 37.8 Å². The third kappa shape index (κ3) is 4.86. The maximum atomic E-state index is 12.0. The molecular weight excluding hydrogens is 278 g/mol. The average Bonchev–Trinajstić information content (AvgIpc) is 3.00. The SMILES string of the molecule is CC(C(=O)O)c1cccc(NC(=O)CCCC2CCCC2)c1. The number of rotatable bonds is 7. The third-order valence-electron chi connectivity index (χ3n) is 4.53. The van der Waals surface area contributed by atoms with Crippen molar-refractivity contribution in [2.45, 2.75) is 57.8 Å². The highest BCUT2D eigenvalue weighted by Gasteiger charge is 2.16. The van der Waals surface area contributed by atoms with Crippen LogP contribution in [0.5, 0.6) is 0 Å². The second kappa shape index (κ2) is 7.97. The quantitative estimate of drug-likeness (QED) is 0.794. The van der Waals surface area contributed by atoms with E-state index in [1.54, 1.807) is 31.2 Å². The molecule has 1 aliphatic rings. The summed E-state index contributed by atoms with van der Waals surface area (Å²) in [6.07, 6.45) is 7.92. The summed E-state index contributed by atoms with van der Waals surface area (Å²) in [5, 5.41) is 11.9. The second-order valence-electron chi connectivity index (χ2n) is 6.28. The van der Waals surface area contributed by atoms with Crippen LogP contribution in [0.2, 0.25) is 0 Å². The lowest BCUT2D eigenvalue weighted by Gasteiger charge is -2.11. The van der Waals surface area contributed by atoms with Crippen LogP contribution in [0.1, 0.15) is 63.4 Å². The minimum Gasteiger partial charge on any atom is -0.481 e. The fraction of sp³-hybridized carbons (Fsp3) is 0.556. The Labute approximate surface area is 131 Å². The van der Waals surface area contributed by atoms with Crippen molar-refractivity contribution in [3.63, 3.8) is 0 Å². The molecule has 4 heteroatoms. The van der Waals surface area contributed by atoms with Gasteiger partial charge < -0.3 is 10.4 Å². The maximum Gasteiger partial charge on any atom is 0.310 e. The molecule has 1 aromatic rings. The van der Waals surface area contributed by atoms with Gasteiger partial charge in [-0.3, -0.25) is 9.59 Å². The van der Waals surface area contributed by atoms with Crippen LogP contribution in [0.25, 0.3) is 0 Å². The summed E-state index contributed by atoms with van der Waals surface area (Å²) in [5.41, 5.74) is 1.38. The number of hydrogen-bond donors (Lipinski definition) is 2. The van der Waals surface area contributed by atoms with Gasteiger partial charge in [-0.2, -0.15) is 0 Å². The van der Waals surface area contributed by atoms with Crippen molar-refractivity contribution in [3.8, 4) is 0 Å². The van der Waals surface area contributed by atoms with Crippen molar-refractivity contribution < 1.29 is 14.7 Å². The topological polar surface area (TPSA) is 66.4 Å². The lowest BCUT2D eigenvalue weighted by Crippen LogP contribution is -2.13. The number of amides is 1. The number of carbonyl (C=O) groups is 2. The van der Waals surface area contributed by atoms with Gasteiger partial charge >= 0.3 is 5.97 Å². The van der Waals surface area contributed by atoms with Gasteiger partial charge in [-0.25, -0.2) is 0 Å². The summed E-state index contributed by atoms with van der Waals surface area (Å²) < 4.78 is 0. The predicted octanol–water partition coefficient (Wildman–Crippen LogP) is 4.17. The lowest BCUT2D eigenvalue weighted by molar-refractivity contribution is -0.138. The van der Waals surface area contributed by atoms with Crippen molar-refractivity contribution in [1.82, 2.24) is 0 Å². The standard InChI is InChI=1S/C18H25NO3/c1-13(18(21)22)15-9-5-10-16(12-15)19-17(20)11-4-8-14-6-2-3-7-14/h5,9-10,12-14H,2-4,6-8,11H2,1H3,(H,19,20)(H,21,22). The van der Waals surface area contributed by atoms with Gasteiger partial charge in [-0.15, -0.1) is 0 Å². The molecule has 0 aliphatic heterocycles. The van der Waals surface area contributed by atoms with E-state index in [0.717, 1.165) is 18.8 Å². The summed E-state index contributed by atoms with van der Waals surface area (Å²) >= 11 is 0. The summed E-state index contributed by atoms with van der Waals surface area (Å²) in [6, 6.07) is 7.10. The Balaban J connectivity index is 1.80. The van der Waals surface area contributed by atoms with E-state index < -0.39 is 11.9 Å². The molecule has 1 amide bonds. The molecule has 1 atom stereocenters. The van der Waals surface area contributed by atoms with Crippen LogP contribution in [0.15, 0.2) is 24.3 Å². The molecule has 4 nitrogen and oxygen atoms in total. The van der Waals surface area contributed by atoms with Crippen LogP contribution >= 0.6 is 0 Å². The Morgan fingerprint density at radius 3 is 2.73 bits per heavy atom. The molecule has 0 radical (unpaired) electrons. The van der Waals surface area contributed by atoms with Crippen LogP contribution in [-0.4, -0.2) is 17.0 Å². The van der Waals surface area contributed by atoms with Crippen LogP contribution < -0.4 is 5.32 Å². The van der Waals surface area contributed by atoms with Crippen LogP contribution in [0.4, 0.5) is 5.69 Å². The predicted molar refractivity (Wildman–Crippen MR) is 86.9 cm³/mol. The summed E-state index contributed by atoms with van der Waals surface area (Å²) in [7, 11) is 0. The highest BCUT2D eigenvalue weighted by molar-refractivity contribution is 5.91. The van der Waals surface area contributed by atoms with Gasteiger partial charge in [-0.05, 0) is 43.4 Å². The summed E-state index contributed by atoms with van der Waals surface area (Å²) in [6.45, 7) is 1.64. The molecule has 22 heavy (non-hydrogen) atoms. The molecule has 0 aromatic heterocycles. The van der Waals surface area contributed by atoms with Gasteiger partial charge in [0, 0.05) is 12.1 Å². The van der Waals surface area contributed by atoms with Crippen molar-refractivity contribution in [2.75, 3.05) is 5.32 Å². The zero-order chi connectivity index (χ0) is 15.9. The number of benzene rings is 1. The van der Waals surface area contributed by atoms with Gasteiger partial charge in [0.05, 0.1) is 5.92 Å². The fourth-order valence-electron chi connectivity index (χ4n) is 3.10. The molecule has 1 aliphatic carbocycles. The zero-order valence-corrected chi connectivity index (χ0v) is 13.2. The molecule has 0 spiro atoms. The first kappa shape index (κ1) is 16.5.